The Labute approximate surface area is 157 Å². The van der Waals surface area contributed by atoms with Crippen LogP contribution >= 0.6 is 0 Å². The van der Waals surface area contributed by atoms with Gasteiger partial charge in [0.25, 0.3) is 0 Å². The van der Waals surface area contributed by atoms with Crippen LogP contribution in [-0.2, 0) is 14.3 Å². The number of carbonyl (C=O) groups is 2. The van der Waals surface area contributed by atoms with E-state index in [0.29, 0.717) is 43.9 Å². The molecule has 0 saturated carbocycles. The van der Waals surface area contributed by atoms with Gasteiger partial charge in [0, 0.05) is 24.0 Å². The van der Waals surface area contributed by atoms with Crippen molar-refractivity contribution in [3.8, 4) is 0 Å². The SMILES string of the molecule is CCOC(=O)c1[nH]c2ccccc2c1N=NN1CCC(C(=O)OCC)CC1. The van der Waals surface area contributed by atoms with Gasteiger partial charge in [-0.2, -0.15) is 0 Å². The quantitative estimate of drug-likeness (QED) is 0.617. The number of rotatable bonds is 6. The summed E-state index contributed by atoms with van der Waals surface area (Å²) >= 11 is 0. The molecule has 0 bridgehead atoms. The Kier molecular flexibility index (Phi) is 6.05. The van der Waals surface area contributed by atoms with Gasteiger partial charge in [-0.1, -0.05) is 23.4 Å². The van der Waals surface area contributed by atoms with Gasteiger partial charge < -0.3 is 14.5 Å². The lowest BCUT2D eigenvalue weighted by Gasteiger charge is -2.27. The van der Waals surface area contributed by atoms with Crippen molar-refractivity contribution >= 4 is 28.5 Å². The minimum Gasteiger partial charge on any atom is -0.466 e. The highest BCUT2D eigenvalue weighted by Crippen LogP contribution is 2.31. The van der Waals surface area contributed by atoms with Gasteiger partial charge in [0.15, 0.2) is 5.69 Å². The van der Waals surface area contributed by atoms with Crippen LogP contribution in [0.4, 0.5) is 5.69 Å². The molecule has 0 radical (unpaired) electrons. The molecule has 144 valence electrons. The minimum atomic E-state index is -0.455. The van der Waals surface area contributed by atoms with Gasteiger partial charge in [-0.3, -0.25) is 9.80 Å². The third-order valence-corrected chi connectivity index (χ3v) is 4.52. The van der Waals surface area contributed by atoms with Gasteiger partial charge in [0.1, 0.15) is 5.69 Å². The molecule has 8 heteroatoms. The van der Waals surface area contributed by atoms with Gasteiger partial charge in [0.05, 0.1) is 19.1 Å². The first-order chi connectivity index (χ1) is 13.1. The molecule has 0 atom stereocenters. The molecule has 1 aromatic carbocycles. The molecule has 27 heavy (non-hydrogen) atoms. The Balaban J connectivity index is 1.75. The molecular formula is C19H24N4O4. The van der Waals surface area contributed by atoms with Gasteiger partial charge in [-0.25, -0.2) is 4.79 Å². The van der Waals surface area contributed by atoms with Crippen LogP contribution in [0.2, 0.25) is 0 Å². The molecular weight excluding hydrogens is 348 g/mol. The third-order valence-electron chi connectivity index (χ3n) is 4.52. The average Bonchev–Trinajstić information content (AvgIpc) is 3.06. The lowest BCUT2D eigenvalue weighted by Crippen LogP contribution is -2.33. The predicted molar refractivity (Wildman–Crippen MR) is 99.7 cm³/mol. The van der Waals surface area contributed by atoms with Crippen molar-refractivity contribution in [3.05, 3.63) is 30.0 Å². The number of para-hydroxylation sites is 1. The van der Waals surface area contributed by atoms with E-state index in [1.54, 1.807) is 6.92 Å². The molecule has 1 aromatic heterocycles. The second-order valence-corrected chi connectivity index (χ2v) is 6.28. The number of aromatic nitrogens is 1. The number of carbonyl (C=O) groups excluding carboxylic acids is 2. The molecule has 0 unspecified atom stereocenters. The molecule has 3 rings (SSSR count). The summed E-state index contributed by atoms with van der Waals surface area (Å²) in [6, 6.07) is 7.53. The van der Waals surface area contributed by atoms with Crippen LogP contribution in [0.15, 0.2) is 34.6 Å². The highest BCUT2D eigenvalue weighted by Gasteiger charge is 2.26. The van der Waals surface area contributed by atoms with Gasteiger partial charge in [-0.15, -0.1) is 5.11 Å². The number of piperidine rings is 1. The lowest BCUT2D eigenvalue weighted by molar-refractivity contribution is -0.149. The highest BCUT2D eigenvalue weighted by molar-refractivity contribution is 6.04. The molecule has 1 aliphatic heterocycles. The van der Waals surface area contributed by atoms with Crippen molar-refractivity contribution in [1.82, 2.24) is 9.99 Å². The molecule has 0 amide bonds. The monoisotopic (exact) mass is 372 g/mol. The minimum absolute atomic E-state index is 0.0837. The lowest BCUT2D eigenvalue weighted by atomic mass is 9.98. The largest absolute Gasteiger partial charge is 0.466 e. The van der Waals surface area contributed by atoms with E-state index < -0.39 is 5.97 Å². The summed E-state index contributed by atoms with van der Waals surface area (Å²) in [5.41, 5.74) is 1.57. The second kappa shape index (κ2) is 8.66. The number of hydrogen-bond acceptors (Lipinski definition) is 6. The first-order valence-electron chi connectivity index (χ1n) is 9.25. The number of nitrogens with one attached hydrogen (secondary N) is 1. The van der Waals surface area contributed by atoms with Crippen molar-refractivity contribution in [2.45, 2.75) is 26.7 Å². The van der Waals surface area contributed by atoms with E-state index >= 15 is 0 Å². The molecule has 1 saturated heterocycles. The van der Waals surface area contributed by atoms with Gasteiger partial charge >= 0.3 is 11.9 Å². The number of hydrogen-bond donors (Lipinski definition) is 1. The smallest absolute Gasteiger partial charge is 0.357 e. The molecule has 0 spiro atoms. The summed E-state index contributed by atoms with van der Waals surface area (Å²) in [5, 5.41) is 11.3. The fourth-order valence-electron chi connectivity index (χ4n) is 3.14. The maximum Gasteiger partial charge on any atom is 0.357 e. The molecule has 1 aliphatic rings. The number of ether oxygens (including phenoxy) is 2. The number of nitrogens with zero attached hydrogens (tertiary/aromatic N) is 3. The van der Waals surface area contributed by atoms with E-state index in [1.165, 1.54) is 0 Å². The Morgan fingerprint density at radius 2 is 1.85 bits per heavy atom. The number of esters is 2. The van der Waals surface area contributed by atoms with E-state index in [1.807, 2.05) is 36.2 Å². The number of H-pyrrole nitrogens is 1. The maximum absolute atomic E-state index is 12.2. The van der Waals surface area contributed by atoms with Crippen molar-refractivity contribution in [2.24, 2.45) is 16.3 Å². The van der Waals surface area contributed by atoms with Crippen LogP contribution in [-0.4, -0.2) is 48.2 Å². The van der Waals surface area contributed by atoms with Crippen molar-refractivity contribution in [1.29, 1.82) is 0 Å². The van der Waals surface area contributed by atoms with Crippen molar-refractivity contribution in [2.75, 3.05) is 26.3 Å². The van der Waals surface area contributed by atoms with Crippen LogP contribution in [0, 0.1) is 5.92 Å². The first kappa shape index (κ1) is 18.9. The van der Waals surface area contributed by atoms with Crippen LogP contribution in [0.25, 0.3) is 10.9 Å². The van der Waals surface area contributed by atoms with E-state index in [-0.39, 0.29) is 18.5 Å². The topological polar surface area (TPSA) is 96.4 Å². The summed E-state index contributed by atoms with van der Waals surface area (Å²) in [6.07, 6.45) is 1.35. The van der Waals surface area contributed by atoms with Gasteiger partial charge in [0.2, 0.25) is 0 Å². The van der Waals surface area contributed by atoms with Gasteiger partial charge in [-0.05, 0) is 32.8 Å². The average molecular weight is 372 g/mol. The van der Waals surface area contributed by atoms with E-state index in [4.69, 9.17) is 9.47 Å². The van der Waals surface area contributed by atoms with E-state index in [2.05, 4.69) is 15.3 Å². The predicted octanol–water partition coefficient (Wildman–Crippen LogP) is 3.62. The Hall–Kier alpha value is -2.90. The maximum atomic E-state index is 12.2. The van der Waals surface area contributed by atoms with Crippen LogP contribution in [0.5, 0.6) is 0 Å². The number of benzene rings is 1. The van der Waals surface area contributed by atoms with Crippen molar-refractivity contribution in [3.63, 3.8) is 0 Å². The molecule has 1 fully saturated rings. The molecule has 2 aromatic rings. The van der Waals surface area contributed by atoms with Crippen molar-refractivity contribution < 1.29 is 19.1 Å². The third kappa shape index (κ3) is 4.27. The highest BCUT2D eigenvalue weighted by atomic mass is 16.5. The summed E-state index contributed by atoms with van der Waals surface area (Å²) in [4.78, 5) is 27.1. The zero-order valence-corrected chi connectivity index (χ0v) is 15.6. The molecule has 0 aliphatic carbocycles. The summed E-state index contributed by atoms with van der Waals surface area (Å²) in [6.45, 7) is 5.48. The second-order valence-electron chi connectivity index (χ2n) is 6.28. The molecule has 1 N–H and O–H groups in total. The molecule has 2 heterocycles. The zero-order valence-electron chi connectivity index (χ0n) is 15.6. The zero-order chi connectivity index (χ0) is 19.2. The first-order valence-corrected chi connectivity index (χ1v) is 9.25. The Bertz CT molecular complexity index is 837. The fourth-order valence-corrected chi connectivity index (χ4v) is 3.14. The summed E-state index contributed by atoms with van der Waals surface area (Å²) in [7, 11) is 0. The summed E-state index contributed by atoms with van der Waals surface area (Å²) in [5.74, 6) is -0.682. The normalized spacial score (nSPS) is 15.4. The Morgan fingerprint density at radius 3 is 2.56 bits per heavy atom. The standard InChI is InChI=1S/C19H24N4O4/c1-3-26-18(24)13-9-11-23(12-10-13)22-21-16-14-7-5-6-8-15(14)20-17(16)19(25)27-4-2/h5-8,13,20H,3-4,9-12H2,1-2H3. The van der Waals surface area contributed by atoms with E-state index in [0.717, 1.165) is 10.9 Å². The van der Waals surface area contributed by atoms with Crippen LogP contribution in [0.3, 0.4) is 0 Å². The summed E-state index contributed by atoms with van der Waals surface area (Å²) < 4.78 is 10.2. The Morgan fingerprint density at radius 1 is 1.15 bits per heavy atom. The number of fused-ring (bicyclic) bond motifs is 1. The van der Waals surface area contributed by atoms with E-state index in [9.17, 15) is 9.59 Å². The fraction of sp³-hybridized carbons (Fsp3) is 0.474. The van der Waals surface area contributed by atoms with Crippen LogP contribution in [0.1, 0.15) is 37.2 Å². The number of aromatic amines is 1. The molecule has 8 nitrogen and oxygen atoms in total. The van der Waals surface area contributed by atoms with Crippen LogP contribution < -0.4 is 0 Å².